The fourth-order valence-corrected chi connectivity index (χ4v) is 3.88. The van der Waals surface area contributed by atoms with Crippen LogP contribution in [-0.2, 0) is 14.3 Å². The van der Waals surface area contributed by atoms with E-state index in [9.17, 15) is 9.59 Å². The molecule has 7 heteroatoms. The molecular formula is C28H28N2O5. The average molecular weight is 473 g/mol. The summed E-state index contributed by atoms with van der Waals surface area (Å²) in [5.41, 5.74) is 4.60. The van der Waals surface area contributed by atoms with Crippen LogP contribution in [0.25, 0.3) is 0 Å². The largest absolute Gasteiger partial charge is 0.497 e. The van der Waals surface area contributed by atoms with Gasteiger partial charge < -0.3 is 14.2 Å². The molecule has 4 rings (SSSR count). The lowest BCUT2D eigenvalue weighted by atomic mass is 9.98. The standard InChI is InChI=1S/C28H28N2O5/c1-19-9-10-20(2)26(15-19)34-18-28(32)35-17-27(31)30-25(22-11-13-23(33-3)14-12-22)16-24(29-30)21-7-5-4-6-8-21/h4-15,25H,16-18H2,1-3H3. The number of methoxy groups -OCH3 is 1. The summed E-state index contributed by atoms with van der Waals surface area (Å²) < 4.78 is 16.1. The lowest BCUT2D eigenvalue weighted by Gasteiger charge is -2.22. The first-order valence-corrected chi connectivity index (χ1v) is 11.4. The number of carbonyl (C=O) groups excluding carboxylic acids is 2. The molecule has 1 atom stereocenters. The summed E-state index contributed by atoms with van der Waals surface area (Å²) >= 11 is 0. The maximum absolute atomic E-state index is 13.1. The van der Waals surface area contributed by atoms with Crippen LogP contribution in [0.5, 0.6) is 11.5 Å². The van der Waals surface area contributed by atoms with Crippen molar-refractivity contribution in [2.75, 3.05) is 20.3 Å². The van der Waals surface area contributed by atoms with Crippen LogP contribution in [-0.4, -0.2) is 42.9 Å². The van der Waals surface area contributed by atoms with Gasteiger partial charge in [0.2, 0.25) is 0 Å². The van der Waals surface area contributed by atoms with Gasteiger partial charge in [0.05, 0.1) is 18.9 Å². The van der Waals surface area contributed by atoms with Crippen LogP contribution in [0.2, 0.25) is 0 Å². The minimum absolute atomic E-state index is 0.280. The number of hydrazone groups is 1. The number of rotatable bonds is 8. The third-order valence-corrected chi connectivity index (χ3v) is 5.82. The lowest BCUT2D eigenvalue weighted by molar-refractivity contribution is -0.154. The van der Waals surface area contributed by atoms with Crippen molar-refractivity contribution < 1.29 is 23.8 Å². The fourth-order valence-electron chi connectivity index (χ4n) is 3.88. The highest BCUT2D eigenvalue weighted by molar-refractivity contribution is 6.03. The van der Waals surface area contributed by atoms with Crippen LogP contribution in [0, 0.1) is 13.8 Å². The van der Waals surface area contributed by atoms with Crippen molar-refractivity contribution in [2.45, 2.75) is 26.3 Å². The maximum Gasteiger partial charge on any atom is 0.344 e. The average Bonchev–Trinajstić information content (AvgIpc) is 3.34. The van der Waals surface area contributed by atoms with Crippen molar-refractivity contribution >= 4 is 17.6 Å². The number of hydrogen-bond acceptors (Lipinski definition) is 6. The van der Waals surface area contributed by atoms with Crippen LogP contribution in [0.1, 0.15) is 34.7 Å². The fraction of sp³-hybridized carbons (Fsp3) is 0.250. The van der Waals surface area contributed by atoms with E-state index in [-0.39, 0.29) is 12.6 Å². The van der Waals surface area contributed by atoms with Gasteiger partial charge in [-0.05, 0) is 54.3 Å². The van der Waals surface area contributed by atoms with Crippen molar-refractivity contribution in [3.8, 4) is 11.5 Å². The van der Waals surface area contributed by atoms with Crippen LogP contribution in [0.15, 0.2) is 77.9 Å². The van der Waals surface area contributed by atoms with Gasteiger partial charge in [0.25, 0.3) is 5.91 Å². The van der Waals surface area contributed by atoms with E-state index in [4.69, 9.17) is 14.2 Å². The molecule has 1 amide bonds. The highest BCUT2D eigenvalue weighted by Crippen LogP contribution is 2.33. The van der Waals surface area contributed by atoms with Crippen molar-refractivity contribution in [3.05, 3.63) is 95.1 Å². The quantitative estimate of drug-likeness (QED) is 0.448. The van der Waals surface area contributed by atoms with Gasteiger partial charge in [-0.15, -0.1) is 0 Å². The molecule has 0 bridgehead atoms. The summed E-state index contributed by atoms with van der Waals surface area (Å²) in [6, 6.07) is 22.7. The molecule has 0 aromatic heterocycles. The van der Waals surface area contributed by atoms with E-state index in [2.05, 4.69) is 5.10 Å². The zero-order chi connectivity index (χ0) is 24.8. The Morgan fingerprint density at radius 2 is 1.71 bits per heavy atom. The van der Waals surface area contributed by atoms with Crippen molar-refractivity contribution in [1.29, 1.82) is 0 Å². The Kier molecular flexibility index (Phi) is 7.45. The predicted molar refractivity (Wildman–Crippen MR) is 133 cm³/mol. The van der Waals surface area contributed by atoms with Gasteiger partial charge in [-0.3, -0.25) is 4.79 Å². The summed E-state index contributed by atoms with van der Waals surface area (Å²) in [5, 5.41) is 6.00. The van der Waals surface area contributed by atoms with Gasteiger partial charge in [0.1, 0.15) is 11.5 Å². The summed E-state index contributed by atoms with van der Waals surface area (Å²) in [4.78, 5) is 25.4. The molecular weight excluding hydrogens is 444 g/mol. The molecule has 0 saturated carbocycles. The first-order valence-electron chi connectivity index (χ1n) is 11.4. The maximum atomic E-state index is 13.1. The molecule has 0 radical (unpaired) electrons. The zero-order valence-corrected chi connectivity index (χ0v) is 20.1. The highest BCUT2D eigenvalue weighted by Gasteiger charge is 2.33. The Morgan fingerprint density at radius 3 is 2.43 bits per heavy atom. The van der Waals surface area contributed by atoms with E-state index in [0.717, 1.165) is 33.7 Å². The van der Waals surface area contributed by atoms with Crippen molar-refractivity contribution in [3.63, 3.8) is 0 Å². The predicted octanol–water partition coefficient (Wildman–Crippen LogP) is 4.61. The van der Waals surface area contributed by atoms with Crippen LogP contribution in [0.3, 0.4) is 0 Å². The SMILES string of the molecule is COc1ccc(C2CC(c3ccccc3)=NN2C(=O)COC(=O)COc2cc(C)ccc2C)cc1. The third kappa shape index (κ3) is 5.87. The molecule has 1 heterocycles. The number of benzene rings is 3. The second kappa shape index (κ2) is 10.9. The van der Waals surface area contributed by atoms with Crippen molar-refractivity contribution in [2.24, 2.45) is 5.10 Å². The van der Waals surface area contributed by atoms with E-state index < -0.39 is 18.5 Å². The molecule has 3 aromatic carbocycles. The Hall–Kier alpha value is -4.13. The van der Waals surface area contributed by atoms with Crippen molar-refractivity contribution in [1.82, 2.24) is 5.01 Å². The number of esters is 1. The normalized spacial score (nSPS) is 14.9. The molecule has 3 aromatic rings. The zero-order valence-electron chi connectivity index (χ0n) is 20.1. The van der Waals surface area contributed by atoms with Crippen LogP contribution in [0.4, 0.5) is 0 Å². The molecule has 0 N–H and O–H groups in total. The Balaban J connectivity index is 1.43. The smallest absolute Gasteiger partial charge is 0.344 e. The Labute approximate surface area is 204 Å². The first-order chi connectivity index (χ1) is 16.9. The van der Waals surface area contributed by atoms with Gasteiger partial charge in [-0.2, -0.15) is 5.10 Å². The number of amides is 1. The molecule has 35 heavy (non-hydrogen) atoms. The molecule has 1 aliphatic heterocycles. The van der Waals surface area contributed by atoms with Gasteiger partial charge >= 0.3 is 5.97 Å². The molecule has 0 aliphatic carbocycles. The van der Waals surface area contributed by atoms with E-state index in [1.807, 2.05) is 86.6 Å². The summed E-state index contributed by atoms with van der Waals surface area (Å²) in [6.45, 7) is 3.15. The molecule has 1 unspecified atom stereocenters. The van der Waals surface area contributed by atoms with Crippen LogP contribution < -0.4 is 9.47 Å². The van der Waals surface area contributed by atoms with E-state index in [1.165, 1.54) is 5.01 Å². The highest BCUT2D eigenvalue weighted by atomic mass is 16.6. The topological polar surface area (TPSA) is 77.4 Å². The van der Waals surface area contributed by atoms with Gasteiger partial charge in [0.15, 0.2) is 13.2 Å². The summed E-state index contributed by atoms with van der Waals surface area (Å²) in [5.74, 6) is 0.319. The minimum Gasteiger partial charge on any atom is -0.497 e. The molecule has 0 fully saturated rings. The molecule has 7 nitrogen and oxygen atoms in total. The Bertz CT molecular complexity index is 1220. The molecule has 180 valence electrons. The molecule has 0 spiro atoms. The van der Waals surface area contributed by atoms with Crippen LogP contribution >= 0.6 is 0 Å². The number of carbonyl (C=O) groups is 2. The lowest BCUT2D eigenvalue weighted by Crippen LogP contribution is -2.32. The van der Waals surface area contributed by atoms with Gasteiger partial charge in [-0.25, -0.2) is 9.80 Å². The number of ether oxygens (including phenoxy) is 3. The summed E-state index contributed by atoms with van der Waals surface area (Å²) in [7, 11) is 1.61. The summed E-state index contributed by atoms with van der Waals surface area (Å²) in [6.07, 6.45) is 0.547. The number of aryl methyl sites for hydroxylation is 2. The minimum atomic E-state index is -0.619. The van der Waals surface area contributed by atoms with E-state index in [0.29, 0.717) is 12.2 Å². The monoisotopic (exact) mass is 472 g/mol. The van der Waals surface area contributed by atoms with E-state index in [1.54, 1.807) is 7.11 Å². The van der Waals surface area contributed by atoms with Gasteiger partial charge in [0, 0.05) is 6.42 Å². The Morgan fingerprint density at radius 1 is 0.971 bits per heavy atom. The number of hydrogen-bond donors (Lipinski definition) is 0. The second-order valence-electron chi connectivity index (χ2n) is 8.36. The molecule has 1 aliphatic rings. The second-order valence-corrected chi connectivity index (χ2v) is 8.36. The first kappa shape index (κ1) is 24.0. The third-order valence-electron chi connectivity index (χ3n) is 5.82. The van der Waals surface area contributed by atoms with Gasteiger partial charge in [-0.1, -0.05) is 54.6 Å². The van der Waals surface area contributed by atoms with E-state index >= 15 is 0 Å². The molecule has 0 saturated heterocycles. The number of nitrogens with zero attached hydrogens (tertiary/aromatic N) is 2.